The molecule has 24 heavy (non-hydrogen) atoms. The molecule has 0 bridgehead atoms. The standard InChI is InChI=1S/C17H19N5O2/c23-8-3-7-19-17-21-15(13-4-1-6-18-11-13)10-16(22-17)20-12-14-5-2-9-24-14/h1-2,4-6,9-11,23H,3,7-8,12H2,(H2,19,20,21,22). The highest BCUT2D eigenvalue weighted by Crippen LogP contribution is 2.21. The lowest BCUT2D eigenvalue weighted by Gasteiger charge is -2.10. The number of aromatic nitrogens is 3. The molecule has 0 atom stereocenters. The number of nitrogens with one attached hydrogen (secondary N) is 2. The van der Waals surface area contributed by atoms with Gasteiger partial charge in [0.05, 0.1) is 18.5 Å². The van der Waals surface area contributed by atoms with Crippen LogP contribution in [0, 0.1) is 0 Å². The van der Waals surface area contributed by atoms with Gasteiger partial charge in [-0.3, -0.25) is 4.98 Å². The second kappa shape index (κ2) is 8.07. The fraction of sp³-hybridized carbons (Fsp3) is 0.235. The molecule has 7 heteroatoms. The molecule has 3 N–H and O–H groups in total. The van der Waals surface area contributed by atoms with Crippen molar-refractivity contribution in [3.8, 4) is 11.3 Å². The largest absolute Gasteiger partial charge is 0.467 e. The molecule has 124 valence electrons. The first-order valence-corrected chi connectivity index (χ1v) is 7.75. The van der Waals surface area contributed by atoms with E-state index in [2.05, 4.69) is 25.6 Å². The Morgan fingerprint density at radius 3 is 2.83 bits per heavy atom. The van der Waals surface area contributed by atoms with Gasteiger partial charge in [-0.2, -0.15) is 4.98 Å². The second-order valence-corrected chi connectivity index (χ2v) is 5.14. The minimum atomic E-state index is 0.124. The summed E-state index contributed by atoms with van der Waals surface area (Å²) in [5.74, 6) is 2.02. The van der Waals surface area contributed by atoms with Crippen molar-refractivity contribution >= 4 is 11.8 Å². The van der Waals surface area contributed by atoms with Crippen LogP contribution in [-0.4, -0.2) is 33.2 Å². The van der Waals surface area contributed by atoms with Crippen LogP contribution >= 0.6 is 0 Å². The van der Waals surface area contributed by atoms with Gasteiger partial charge in [0.25, 0.3) is 0 Å². The van der Waals surface area contributed by atoms with E-state index >= 15 is 0 Å². The van der Waals surface area contributed by atoms with Gasteiger partial charge in [0.2, 0.25) is 5.95 Å². The first-order valence-electron chi connectivity index (χ1n) is 7.75. The number of anilines is 2. The van der Waals surface area contributed by atoms with E-state index in [-0.39, 0.29) is 6.61 Å². The Hall–Kier alpha value is -2.93. The second-order valence-electron chi connectivity index (χ2n) is 5.14. The van der Waals surface area contributed by atoms with Crippen molar-refractivity contribution in [2.45, 2.75) is 13.0 Å². The van der Waals surface area contributed by atoms with Crippen molar-refractivity contribution in [3.05, 3.63) is 54.7 Å². The minimum absolute atomic E-state index is 0.124. The zero-order valence-electron chi connectivity index (χ0n) is 13.1. The van der Waals surface area contributed by atoms with Crippen molar-refractivity contribution in [2.75, 3.05) is 23.8 Å². The number of hydrogen-bond acceptors (Lipinski definition) is 7. The van der Waals surface area contributed by atoms with Crippen molar-refractivity contribution in [1.29, 1.82) is 0 Å². The molecular weight excluding hydrogens is 306 g/mol. The van der Waals surface area contributed by atoms with Gasteiger partial charge in [-0.15, -0.1) is 0 Å². The predicted molar refractivity (Wildman–Crippen MR) is 91.5 cm³/mol. The molecule has 0 unspecified atom stereocenters. The average molecular weight is 325 g/mol. The number of nitrogens with zero attached hydrogens (tertiary/aromatic N) is 3. The fourth-order valence-electron chi connectivity index (χ4n) is 2.15. The van der Waals surface area contributed by atoms with Crippen LogP contribution in [0.3, 0.4) is 0 Å². The Kier molecular flexibility index (Phi) is 5.36. The van der Waals surface area contributed by atoms with E-state index in [1.165, 1.54) is 0 Å². The van der Waals surface area contributed by atoms with Gasteiger partial charge in [0, 0.05) is 37.2 Å². The van der Waals surface area contributed by atoms with E-state index in [9.17, 15) is 0 Å². The molecule has 3 aromatic rings. The molecule has 0 saturated heterocycles. The first-order chi connectivity index (χ1) is 11.8. The Morgan fingerprint density at radius 2 is 2.08 bits per heavy atom. The summed E-state index contributed by atoms with van der Waals surface area (Å²) >= 11 is 0. The average Bonchev–Trinajstić information content (AvgIpc) is 3.14. The maximum absolute atomic E-state index is 8.91. The van der Waals surface area contributed by atoms with Crippen LogP contribution in [-0.2, 0) is 6.54 Å². The van der Waals surface area contributed by atoms with Crippen molar-refractivity contribution in [2.24, 2.45) is 0 Å². The molecule has 0 radical (unpaired) electrons. The highest BCUT2D eigenvalue weighted by Gasteiger charge is 2.07. The number of aliphatic hydroxyl groups excluding tert-OH is 1. The predicted octanol–water partition coefficient (Wildman–Crippen LogP) is 2.54. The lowest BCUT2D eigenvalue weighted by Crippen LogP contribution is -2.09. The molecule has 0 amide bonds. The summed E-state index contributed by atoms with van der Waals surface area (Å²) in [5.41, 5.74) is 1.68. The van der Waals surface area contributed by atoms with Gasteiger partial charge in [0.1, 0.15) is 11.6 Å². The summed E-state index contributed by atoms with van der Waals surface area (Å²) < 4.78 is 5.32. The van der Waals surface area contributed by atoms with Crippen LogP contribution < -0.4 is 10.6 Å². The van der Waals surface area contributed by atoms with E-state index in [0.717, 1.165) is 17.0 Å². The Morgan fingerprint density at radius 1 is 1.12 bits per heavy atom. The number of aliphatic hydroxyl groups is 1. The number of hydrogen-bond donors (Lipinski definition) is 3. The highest BCUT2D eigenvalue weighted by molar-refractivity contribution is 5.63. The Labute approximate surface area is 139 Å². The van der Waals surface area contributed by atoms with Crippen molar-refractivity contribution < 1.29 is 9.52 Å². The molecule has 3 heterocycles. The zero-order valence-corrected chi connectivity index (χ0v) is 13.1. The van der Waals surface area contributed by atoms with E-state index in [1.54, 1.807) is 18.7 Å². The van der Waals surface area contributed by atoms with E-state index in [4.69, 9.17) is 9.52 Å². The molecule has 3 rings (SSSR count). The molecule has 7 nitrogen and oxygen atoms in total. The highest BCUT2D eigenvalue weighted by atomic mass is 16.3. The van der Waals surface area contributed by atoms with Crippen molar-refractivity contribution in [1.82, 2.24) is 15.0 Å². The summed E-state index contributed by atoms with van der Waals surface area (Å²) in [6.07, 6.45) is 5.76. The van der Waals surface area contributed by atoms with Gasteiger partial charge in [-0.25, -0.2) is 4.98 Å². The Bertz CT molecular complexity index is 747. The van der Waals surface area contributed by atoms with Crippen LogP contribution in [0.2, 0.25) is 0 Å². The van der Waals surface area contributed by atoms with Crippen LogP contribution in [0.5, 0.6) is 0 Å². The molecule has 0 spiro atoms. The molecule has 0 aliphatic rings. The van der Waals surface area contributed by atoms with E-state index in [0.29, 0.717) is 31.3 Å². The van der Waals surface area contributed by atoms with Gasteiger partial charge in [0.15, 0.2) is 0 Å². The van der Waals surface area contributed by atoms with Crippen LogP contribution in [0.15, 0.2) is 53.4 Å². The van der Waals surface area contributed by atoms with Gasteiger partial charge in [-0.1, -0.05) is 0 Å². The summed E-state index contributed by atoms with van der Waals surface area (Å²) in [4.78, 5) is 13.1. The lowest BCUT2D eigenvalue weighted by molar-refractivity contribution is 0.292. The van der Waals surface area contributed by atoms with Crippen LogP contribution in [0.1, 0.15) is 12.2 Å². The third-order valence-electron chi connectivity index (χ3n) is 3.33. The third kappa shape index (κ3) is 4.30. The summed E-state index contributed by atoms with van der Waals surface area (Å²) in [6.45, 7) is 1.26. The molecule has 0 aromatic carbocycles. The molecular formula is C17H19N5O2. The quantitative estimate of drug-likeness (QED) is 0.548. The summed E-state index contributed by atoms with van der Waals surface area (Å²) in [6, 6.07) is 9.43. The van der Waals surface area contributed by atoms with Gasteiger partial charge < -0.3 is 20.2 Å². The summed E-state index contributed by atoms with van der Waals surface area (Å²) in [7, 11) is 0. The molecule has 0 fully saturated rings. The van der Waals surface area contributed by atoms with Crippen LogP contribution in [0.4, 0.5) is 11.8 Å². The molecule has 3 aromatic heterocycles. The lowest BCUT2D eigenvalue weighted by atomic mass is 10.2. The number of furan rings is 1. The van der Waals surface area contributed by atoms with Crippen molar-refractivity contribution in [3.63, 3.8) is 0 Å². The number of pyridine rings is 1. The molecule has 0 aliphatic carbocycles. The normalized spacial score (nSPS) is 10.5. The number of rotatable bonds is 8. The molecule has 0 aliphatic heterocycles. The van der Waals surface area contributed by atoms with E-state index < -0.39 is 0 Å². The Balaban J connectivity index is 1.81. The monoisotopic (exact) mass is 325 g/mol. The molecule has 0 saturated carbocycles. The first kappa shape index (κ1) is 15.9. The van der Waals surface area contributed by atoms with Gasteiger partial charge >= 0.3 is 0 Å². The zero-order chi connectivity index (χ0) is 16.6. The fourth-order valence-corrected chi connectivity index (χ4v) is 2.15. The SMILES string of the molecule is OCCCNc1nc(NCc2ccco2)cc(-c2cccnc2)n1. The van der Waals surface area contributed by atoms with Crippen LogP contribution in [0.25, 0.3) is 11.3 Å². The maximum Gasteiger partial charge on any atom is 0.225 e. The smallest absolute Gasteiger partial charge is 0.225 e. The van der Waals surface area contributed by atoms with E-state index in [1.807, 2.05) is 30.3 Å². The topological polar surface area (TPSA) is 96.1 Å². The third-order valence-corrected chi connectivity index (χ3v) is 3.33. The minimum Gasteiger partial charge on any atom is -0.467 e. The summed E-state index contributed by atoms with van der Waals surface area (Å²) in [5, 5.41) is 15.3. The van der Waals surface area contributed by atoms with Gasteiger partial charge in [-0.05, 0) is 30.7 Å². The maximum atomic E-state index is 8.91.